The van der Waals surface area contributed by atoms with Crippen LogP contribution >= 0.6 is 0 Å². The summed E-state index contributed by atoms with van der Waals surface area (Å²) >= 11 is 0. The highest BCUT2D eigenvalue weighted by atomic mass is 19.1. The van der Waals surface area contributed by atoms with Gasteiger partial charge in [-0.1, -0.05) is 6.58 Å². The zero-order valence-corrected chi connectivity index (χ0v) is 16.8. The minimum absolute atomic E-state index is 0.543. The van der Waals surface area contributed by atoms with Gasteiger partial charge in [-0.05, 0) is 80.8 Å². The third-order valence-electron chi connectivity index (χ3n) is 5.87. The third kappa shape index (κ3) is 4.34. The number of rotatable bonds is 6. The van der Waals surface area contributed by atoms with Crippen molar-refractivity contribution in [1.82, 2.24) is 14.9 Å². The summed E-state index contributed by atoms with van der Waals surface area (Å²) in [5, 5.41) is 3.32. The Morgan fingerprint density at radius 2 is 1.89 bits per heavy atom. The first-order chi connectivity index (χ1) is 13.5. The van der Waals surface area contributed by atoms with E-state index in [-0.39, 0.29) is 0 Å². The van der Waals surface area contributed by atoms with Crippen molar-refractivity contribution in [2.45, 2.75) is 57.5 Å². The van der Waals surface area contributed by atoms with E-state index in [1.165, 1.54) is 24.1 Å². The Kier molecular flexibility index (Phi) is 5.33. The maximum absolute atomic E-state index is 13.6. The van der Waals surface area contributed by atoms with E-state index in [1.54, 1.807) is 25.3 Å². The summed E-state index contributed by atoms with van der Waals surface area (Å²) in [5.74, 6) is 2.59. The van der Waals surface area contributed by atoms with Gasteiger partial charge in [0.25, 0.3) is 0 Å². The molecule has 0 aromatic carbocycles. The summed E-state index contributed by atoms with van der Waals surface area (Å²) in [5.41, 5.74) is 4.32. The summed E-state index contributed by atoms with van der Waals surface area (Å²) in [6.07, 6.45) is 5.34. The first-order valence-corrected chi connectivity index (χ1v) is 10.3. The molecule has 2 fully saturated rings. The van der Waals surface area contributed by atoms with Gasteiger partial charge < -0.3 is 10.2 Å². The lowest BCUT2D eigenvalue weighted by atomic mass is 9.89. The Bertz CT molecular complexity index is 851. The van der Waals surface area contributed by atoms with Crippen LogP contribution in [0.1, 0.15) is 74.4 Å². The number of piperidine rings is 1. The van der Waals surface area contributed by atoms with Crippen molar-refractivity contribution in [1.29, 1.82) is 0 Å². The number of hydrogen-bond donors (Lipinski definition) is 1. The minimum atomic E-state index is -1.01. The van der Waals surface area contributed by atoms with Gasteiger partial charge in [0, 0.05) is 36.6 Å². The monoisotopic (exact) mass is 380 g/mol. The normalized spacial score (nSPS) is 18.8. The maximum atomic E-state index is 13.6. The largest absolute Gasteiger partial charge is 0.375 e. The molecule has 0 amide bonds. The van der Waals surface area contributed by atoms with E-state index in [0.717, 1.165) is 37.4 Å². The van der Waals surface area contributed by atoms with Gasteiger partial charge in [-0.15, -0.1) is 0 Å². The van der Waals surface area contributed by atoms with Crippen molar-refractivity contribution in [3.63, 3.8) is 0 Å². The van der Waals surface area contributed by atoms with Gasteiger partial charge in [0.1, 0.15) is 17.8 Å². The van der Waals surface area contributed by atoms with Gasteiger partial charge in [-0.3, -0.25) is 0 Å². The number of halogens is 1. The highest BCUT2D eigenvalue weighted by Crippen LogP contribution is 2.41. The molecule has 1 aliphatic carbocycles. The number of pyridine rings is 2. The number of allylic oxidation sites excluding steroid dienone is 1. The molecular formula is C23H29FN4. The van der Waals surface area contributed by atoms with Crippen LogP contribution in [0.4, 0.5) is 16.0 Å². The van der Waals surface area contributed by atoms with Crippen molar-refractivity contribution < 1.29 is 4.39 Å². The number of likely N-dealkylation sites (tertiary alicyclic amines) is 1. The van der Waals surface area contributed by atoms with E-state index in [2.05, 4.69) is 40.8 Å². The number of alkyl halides is 1. The van der Waals surface area contributed by atoms with E-state index in [4.69, 9.17) is 4.98 Å². The molecule has 3 heterocycles. The molecule has 28 heavy (non-hydrogen) atoms. The predicted octanol–water partition coefficient (Wildman–Crippen LogP) is 5.84. The van der Waals surface area contributed by atoms with Gasteiger partial charge in [0.05, 0.1) is 0 Å². The SMILES string of the molecule is C=C(C)N1CCC(c2cc(Nc3cc(C(C)F)ccn3)nc(C3CC3)c2)CC1. The van der Waals surface area contributed by atoms with Crippen molar-refractivity contribution in [3.8, 4) is 0 Å². The van der Waals surface area contributed by atoms with Crippen molar-refractivity contribution in [2.24, 2.45) is 0 Å². The highest BCUT2D eigenvalue weighted by molar-refractivity contribution is 5.54. The number of nitrogens with zero attached hydrogens (tertiary/aromatic N) is 3. The number of anilines is 2. The molecule has 2 aromatic rings. The molecule has 4 nitrogen and oxygen atoms in total. The van der Waals surface area contributed by atoms with Crippen LogP contribution in [0.25, 0.3) is 0 Å². The smallest absolute Gasteiger partial charge is 0.132 e. The quantitative estimate of drug-likeness (QED) is 0.683. The fourth-order valence-corrected chi connectivity index (χ4v) is 3.95. The Balaban J connectivity index is 1.56. The minimum Gasteiger partial charge on any atom is -0.375 e. The Morgan fingerprint density at radius 1 is 1.14 bits per heavy atom. The predicted molar refractivity (Wildman–Crippen MR) is 112 cm³/mol. The fourth-order valence-electron chi connectivity index (χ4n) is 3.95. The lowest BCUT2D eigenvalue weighted by molar-refractivity contribution is 0.264. The second kappa shape index (κ2) is 7.90. The summed E-state index contributed by atoms with van der Waals surface area (Å²) in [7, 11) is 0. The van der Waals surface area contributed by atoms with E-state index < -0.39 is 6.17 Å². The topological polar surface area (TPSA) is 41.0 Å². The summed E-state index contributed by atoms with van der Waals surface area (Å²) in [4.78, 5) is 11.5. The van der Waals surface area contributed by atoms with Gasteiger partial charge in [0.15, 0.2) is 0 Å². The van der Waals surface area contributed by atoms with Crippen molar-refractivity contribution in [3.05, 3.63) is 59.6 Å². The molecule has 1 unspecified atom stereocenters. The summed E-state index contributed by atoms with van der Waals surface area (Å²) in [6.45, 7) is 9.81. The molecular weight excluding hydrogens is 351 g/mol. The first-order valence-electron chi connectivity index (χ1n) is 10.3. The first kappa shape index (κ1) is 18.9. The Morgan fingerprint density at radius 3 is 2.54 bits per heavy atom. The van der Waals surface area contributed by atoms with E-state index >= 15 is 0 Å². The summed E-state index contributed by atoms with van der Waals surface area (Å²) < 4.78 is 13.6. The van der Waals surface area contributed by atoms with Crippen LogP contribution < -0.4 is 5.32 Å². The van der Waals surface area contributed by atoms with E-state index in [9.17, 15) is 4.39 Å². The Labute approximate surface area is 166 Å². The molecule has 2 aromatic heterocycles. The lowest BCUT2D eigenvalue weighted by Gasteiger charge is -2.34. The molecule has 0 spiro atoms. The zero-order valence-electron chi connectivity index (χ0n) is 16.8. The van der Waals surface area contributed by atoms with Crippen LogP contribution in [0.15, 0.2) is 42.7 Å². The van der Waals surface area contributed by atoms with E-state index in [1.807, 2.05) is 0 Å². The molecule has 0 bridgehead atoms. The van der Waals surface area contributed by atoms with Crippen LogP contribution in [0.3, 0.4) is 0 Å². The van der Waals surface area contributed by atoms with E-state index in [0.29, 0.717) is 23.2 Å². The molecule has 0 radical (unpaired) electrons. The number of aromatic nitrogens is 2. The molecule has 2 aliphatic rings. The maximum Gasteiger partial charge on any atom is 0.132 e. The fraction of sp³-hybridized carbons (Fsp3) is 0.478. The molecule has 1 saturated heterocycles. The van der Waals surface area contributed by atoms with Crippen molar-refractivity contribution in [2.75, 3.05) is 18.4 Å². The second-order valence-electron chi connectivity index (χ2n) is 8.20. The van der Waals surface area contributed by atoms with Crippen LogP contribution in [-0.2, 0) is 0 Å². The van der Waals surface area contributed by atoms with Crippen LogP contribution in [-0.4, -0.2) is 28.0 Å². The highest BCUT2D eigenvalue weighted by Gasteiger charge is 2.28. The molecule has 148 valence electrons. The standard InChI is InChI=1S/C23H29FN4/c1-15(2)28-10-7-17(8-11-28)20-12-21(18-4-5-18)26-23(14-20)27-22-13-19(16(3)24)6-9-25-22/h6,9,12-14,16-18H,1,4-5,7-8,10-11H2,2-3H3,(H,25,26,27). The molecule has 1 saturated carbocycles. The lowest BCUT2D eigenvalue weighted by Crippen LogP contribution is -2.31. The Hall–Kier alpha value is -2.43. The average molecular weight is 381 g/mol. The van der Waals surface area contributed by atoms with Gasteiger partial charge in [-0.2, -0.15) is 0 Å². The van der Waals surface area contributed by atoms with Gasteiger partial charge in [0.2, 0.25) is 0 Å². The number of nitrogens with one attached hydrogen (secondary N) is 1. The molecule has 1 aliphatic heterocycles. The van der Waals surface area contributed by atoms with Crippen LogP contribution in [0.5, 0.6) is 0 Å². The average Bonchev–Trinajstić information content (AvgIpc) is 3.53. The summed E-state index contributed by atoms with van der Waals surface area (Å²) in [6, 6.07) is 7.93. The number of hydrogen-bond acceptors (Lipinski definition) is 4. The van der Waals surface area contributed by atoms with Gasteiger partial charge in [-0.25, -0.2) is 14.4 Å². The second-order valence-corrected chi connectivity index (χ2v) is 8.20. The molecule has 5 heteroatoms. The van der Waals surface area contributed by atoms with Crippen LogP contribution in [0.2, 0.25) is 0 Å². The third-order valence-corrected chi connectivity index (χ3v) is 5.87. The van der Waals surface area contributed by atoms with Crippen molar-refractivity contribution >= 4 is 11.6 Å². The van der Waals surface area contributed by atoms with Crippen LogP contribution in [0, 0.1) is 0 Å². The zero-order chi connectivity index (χ0) is 19.7. The molecule has 4 rings (SSSR count). The van der Waals surface area contributed by atoms with Gasteiger partial charge >= 0.3 is 0 Å². The molecule has 1 atom stereocenters. The molecule has 1 N–H and O–H groups in total.